The van der Waals surface area contributed by atoms with Crippen LogP contribution in [0.25, 0.3) is 10.9 Å². The first-order chi connectivity index (χ1) is 22.5. The van der Waals surface area contributed by atoms with Gasteiger partial charge in [0.1, 0.15) is 17.4 Å². The second-order valence-corrected chi connectivity index (χ2v) is 15.0. The van der Waals surface area contributed by atoms with E-state index in [0.29, 0.717) is 42.6 Å². The molecule has 5 unspecified atom stereocenters. The van der Waals surface area contributed by atoms with Crippen LogP contribution in [0.5, 0.6) is 17.6 Å². The number of sulfonamides is 1. The van der Waals surface area contributed by atoms with Gasteiger partial charge in [-0.2, -0.15) is 9.97 Å². The van der Waals surface area contributed by atoms with Crippen molar-refractivity contribution in [1.82, 2.24) is 24.9 Å². The Balaban J connectivity index is 1.30. The minimum atomic E-state index is -3.82. The highest BCUT2D eigenvalue weighted by molar-refractivity contribution is 7.91. The normalized spacial score (nSPS) is 28.1. The average molecular weight is 670 g/mol. The summed E-state index contributed by atoms with van der Waals surface area (Å²) in [6.45, 7) is 4.60. The quantitative estimate of drug-likeness (QED) is 0.399. The number of aryl methyl sites for hydroxylation is 1. The molecular formula is C33H43N5O8S. The number of hydrogen-bond donors (Lipinski definition) is 2. The number of carbonyl (C=O) groups is 3. The molecule has 5 atom stereocenters. The Morgan fingerprint density at radius 1 is 1.15 bits per heavy atom. The zero-order valence-corrected chi connectivity index (χ0v) is 28.1. The SMILES string of the molecule is CCOc1nc(OC2CC3C(=O)NC4(C(=O)NS(=O)(=O)C5CC5)CC4C=CCCCCN(C)C(=O)C3C2)c2ccc(OC)c(C)c2n1. The van der Waals surface area contributed by atoms with E-state index in [1.165, 1.54) is 0 Å². The molecule has 13 nitrogen and oxygen atoms in total. The van der Waals surface area contributed by atoms with Crippen molar-refractivity contribution in [3.63, 3.8) is 0 Å². The van der Waals surface area contributed by atoms with E-state index >= 15 is 0 Å². The number of amides is 3. The van der Waals surface area contributed by atoms with Crippen LogP contribution in [-0.2, 0) is 24.4 Å². The molecule has 1 aromatic carbocycles. The van der Waals surface area contributed by atoms with E-state index in [2.05, 4.69) is 20.0 Å². The first-order valence-corrected chi connectivity index (χ1v) is 18.0. The van der Waals surface area contributed by atoms with Gasteiger partial charge in [-0.15, -0.1) is 0 Å². The number of nitrogens with zero attached hydrogens (tertiary/aromatic N) is 3. The van der Waals surface area contributed by atoms with Crippen molar-refractivity contribution >= 4 is 38.6 Å². The number of hydrogen-bond acceptors (Lipinski definition) is 10. The fourth-order valence-corrected chi connectivity index (χ4v) is 8.18. The number of ether oxygens (including phenoxy) is 3. The van der Waals surface area contributed by atoms with Crippen molar-refractivity contribution in [3.05, 3.63) is 29.8 Å². The van der Waals surface area contributed by atoms with Gasteiger partial charge in [0, 0.05) is 25.1 Å². The van der Waals surface area contributed by atoms with Gasteiger partial charge in [-0.3, -0.25) is 19.1 Å². The molecule has 6 rings (SSSR count). The van der Waals surface area contributed by atoms with E-state index in [9.17, 15) is 22.8 Å². The largest absolute Gasteiger partial charge is 0.496 e. The predicted molar refractivity (Wildman–Crippen MR) is 172 cm³/mol. The van der Waals surface area contributed by atoms with Crippen molar-refractivity contribution in [3.8, 4) is 17.6 Å². The topological polar surface area (TPSA) is 166 Å². The predicted octanol–water partition coefficient (Wildman–Crippen LogP) is 2.80. The van der Waals surface area contributed by atoms with Gasteiger partial charge in [0.2, 0.25) is 27.7 Å². The maximum Gasteiger partial charge on any atom is 0.320 e. The van der Waals surface area contributed by atoms with Crippen LogP contribution in [-0.4, -0.2) is 85.2 Å². The molecule has 3 fully saturated rings. The van der Waals surface area contributed by atoms with E-state index in [0.717, 1.165) is 24.8 Å². The van der Waals surface area contributed by atoms with Gasteiger partial charge in [0.05, 0.1) is 41.7 Å². The zero-order valence-electron chi connectivity index (χ0n) is 27.3. The van der Waals surface area contributed by atoms with Gasteiger partial charge in [0.15, 0.2) is 0 Å². The standard InChI is InChI=1S/C33H43N5O8S/c1-5-45-32-34-27-19(2)26(44-4)14-13-23(27)29(35-32)46-21-16-24-25(17-21)30(40)38(3)15-9-7-6-8-10-20-18-33(20,36-28(24)39)31(41)37-47(42,43)22-11-12-22/h8,10,13-14,20-22,24-25H,5-7,9,11-12,15-18H2,1-4H3,(H,36,39)(H,37,41). The maximum absolute atomic E-state index is 14.1. The number of rotatable bonds is 8. The van der Waals surface area contributed by atoms with Crippen LogP contribution >= 0.6 is 0 Å². The van der Waals surface area contributed by atoms with E-state index in [-0.39, 0.29) is 43.0 Å². The summed E-state index contributed by atoms with van der Waals surface area (Å²) < 4.78 is 45.2. The fraction of sp³-hybridized carbons (Fsp3) is 0.606. The Hall–Kier alpha value is -3.94. The summed E-state index contributed by atoms with van der Waals surface area (Å²) in [5, 5.41) is 2.97. The number of benzene rings is 1. The smallest absolute Gasteiger partial charge is 0.320 e. The highest BCUT2D eigenvalue weighted by Gasteiger charge is 2.62. The van der Waals surface area contributed by atoms with Gasteiger partial charge in [0.25, 0.3) is 5.91 Å². The lowest BCUT2D eigenvalue weighted by Crippen LogP contribution is -2.54. The monoisotopic (exact) mass is 669 g/mol. The molecule has 0 bridgehead atoms. The second-order valence-electron chi connectivity index (χ2n) is 13.1. The minimum absolute atomic E-state index is 0.137. The van der Waals surface area contributed by atoms with Crippen LogP contribution in [0.1, 0.15) is 63.9 Å². The molecule has 3 saturated carbocycles. The van der Waals surface area contributed by atoms with Gasteiger partial charge in [-0.05, 0) is 77.3 Å². The first-order valence-electron chi connectivity index (χ1n) is 16.4. The Morgan fingerprint density at radius 2 is 1.91 bits per heavy atom. The van der Waals surface area contributed by atoms with E-state index in [1.54, 1.807) is 25.1 Å². The van der Waals surface area contributed by atoms with Gasteiger partial charge in [-0.1, -0.05) is 12.2 Å². The van der Waals surface area contributed by atoms with E-state index in [1.807, 2.05) is 32.1 Å². The fourth-order valence-electron chi connectivity index (χ4n) is 6.82. The van der Waals surface area contributed by atoms with Gasteiger partial charge >= 0.3 is 6.01 Å². The lowest BCUT2D eigenvalue weighted by Gasteiger charge is -2.26. The van der Waals surface area contributed by atoms with Crippen LogP contribution in [0, 0.1) is 24.7 Å². The summed E-state index contributed by atoms with van der Waals surface area (Å²) in [5.74, 6) is -2.32. The Bertz CT molecular complexity index is 1710. The molecule has 2 heterocycles. The Labute approximate surface area is 274 Å². The molecule has 3 aliphatic carbocycles. The summed E-state index contributed by atoms with van der Waals surface area (Å²) in [6, 6.07) is 3.75. The molecule has 14 heteroatoms. The van der Waals surface area contributed by atoms with Crippen LogP contribution in [0.15, 0.2) is 24.3 Å². The number of methoxy groups -OCH3 is 1. The summed E-state index contributed by atoms with van der Waals surface area (Å²) in [7, 11) is -0.500. The molecule has 47 heavy (non-hydrogen) atoms. The molecule has 254 valence electrons. The number of aromatic nitrogens is 2. The average Bonchev–Trinajstić information content (AvgIpc) is 3.96. The number of allylic oxidation sites excluding steroid dienone is 1. The second kappa shape index (κ2) is 12.9. The molecule has 3 amide bonds. The van der Waals surface area contributed by atoms with Crippen molar-refractivity contribution in [2.45, 2.75) is 82.1 Å². The summed E-state index contributed by atoms with van der Waals surface area (Å²) in [4.78, 5) is 52.2. The van der Waals surface area contributed by atoms with E-state index in [4.69, 9.17) is 14.2 Å². The van der Waals surface area contributed by atoms with Crippen molar-refractivity contribution in [1.29, 1.82) is 0 Å². The third-order valence-electron chi connectivity index (χ3n) is 9.78. The van der Waals surface area contributed by atoms with Gasteiger partial charge < -0.3 is 24.4 Å². The molecule has 1 aromatic heterocycles. The van der Waals surface area contributed by atoms with E-state index < -0.39 is 50.6 Å². The Kier molecular flexibility index (Phi) is 9.07. The van der Waals surface area contributed by atoms with Crippen LogP contribution < -0.4 is 24.2 Å². The molecule has 2 N–H and O–H groups in total. The molecule has 0 saturated heterocycles. The van der Waals surface area contributed by atoms with Crippen molar-refractivity contribution < 1.29 is 37.0 Å². The molecule has 1 aliphatic heterocycles. The molecule has 0 spiro atoms. The lowest BCUT2D eigenvalue weighted by molar-refractivity contribution is -0.140. The maximum atomic E-state index is 14.1. The first kappa shape index (κ1) is 33.0. The lowest BCUT2D eigenvalue weighted by atomic mass is 9.93. The molecule has 4 aliphatic rings. The Morgan fingerprint density at radius 3 is 2.64 bits per heavy atom. The zero-order chi connectivity index (χ0) is 33.5. The third-order valence-corrected chi connectivity index (χ3v) is 11.6. The van der Waals surface area contributed by atoms with Crippen LogP contribution in [0.2, 0.25) is 0 Å². The molecule has 0 radical (unpaired) electrons. The van der Waals surface area contributed by atoms with Crippen LogP contribution in [0.4, 0.5) is 0 Å². The summed E-state index contributed by atoms with van der Waals surface area (Å²) in [6.07, 6.45) is 7.41. The number of carbonyl (C=O) groups excluding carboxylic acids is 3. The van der Waals surface area contributed by atoms with Crippen molar-refractivity contribution in [2.24, 2.45) is 17.8 Å². The van der Waals surface area contributed by atoms with Crippen LogP contribution in [0.3, 0.4) is 0 Å². The minimum Gasteiger partial charge on any atom is -0.496 e. The van der Waals surface area contributed by atoms with Gasteiger partial charge in [-0.25, -0.2) is 8.42 Å². The molecular weight excluding hydrogens is 626 g/mol. The highest BCUT2D eigenvalue weighted by Crippen LogP contribution is 2.47. The number of fused-ring (bicyclic) bond motifs is 3. The highest BCUT2D eigenvalue weighted by atomic mass is 32.2. The van der Waals surface area contributed by atoms with Crippen molar-refractivity contribution in [2.75, 3.05) is 27.3 Å². The number of nitrogens with one attached hydrogen (secondary N) is 2. The summed E-state index contributed by atoms with van der Waals surface area (Å²) in [5.41, 5.74) is -0.0108. The summed E-state index contributed by atoms with van der Waals surface area (Å²) >= 11 is 0. The third kappa shape index (κ3) is 6.61. The molecule has 2 aromatic rings.